The highest BCUT2D eigenvalue weighted by atomic mass is 32.2. The Morgan fingerprint density at radius 3 is 2.62 bits per heavy atom. The van der Waals surface area contributed by atoms with Gasteiger partial charge in [-0.2, -0.15) is 5.10 Å². The van der Waals surface area contributed by atoms with Crippen molar-refractivity contribution >= 4 is 32.3 Å². The first-order chi connectivity index (χ1) is 15.6. The van der Waals surface area contributed by atoms with Gasteiger partial charge in [0, 0.05) is 29.8 Å². The summed E-state index contributed by atoms with van der Waals surface area (Å²) in [5.74, 6) is 0. The number of benzene rings is 2. The second-order valence-electron chi connectivity index (χ2n) is 7.51. The molecule has 0 spiro atoms. The fourth-order valence-electron chi connectivity index (χ4n) is 3.77. The number of nitrogens with zero attached hydrogens (tertiary/aromatic N) is 2. The maximum atomic E-state index is 13.2. The molecule has 6 nitrogen and oxygen atoms in total. The number of sulfonamides is 1. The number of hydrogen-bond acceptors (Lipinski definition) is 4. The van der Waals surface area contributed by atoms with E-state index in [4.69, 9.17) is 0 Å². The molecule has 0 atom stereocenters. The van der Waals surface area contributed by atoms with Gasteiger partial charge in [-0.25, -0.2) is 13.1 Å². The van der Waals surface area contributed by atoms with Crippen LogP contribution in [0.15, 0.2) is 89.4 Å². The lowest BCUT2D eigenvalue weighted by Gasteiger charge is -2.06. The second-order valence-corrected chi connectivity index (χ2v) is 10.2. The first-order valence-electron chi connectivity index (χ1n) is 10.3. The van der Waals surface area contributed by atoms with Crippen molar-refractivity contribution in [3.05, 3.63) is 95.6 Å². The average molecular weight is 463 g/mol. The highest BCUT2D eigenvalue weighted by Gasteiger charge is 2.24. The van der Waals surface area contributed by atoms with E-state index in [1.165, 1.54) is 11.3 Å². The van der Waals surface area contributed by atoms with Crippen molar-refractivity contribution in [2.75, 3.05) is 6.54 Å². The van der Waals surface area contributed by atoms with Gasteiger partial charge in [0.25, 0.3) is 0 Å². The van der Waals surface area contributed by atoms with Gasteiger partial charge in [-0.1, -0.05) is 54.6 Å². The number of H-pyrrole nitrogens is 1. The minimum atomic E-state index is -3.73. The molecule has 2 N–H and O–H groups in total. The molecule has 0 saturated carbocycles. The van der Waals surface area contributed by atoms with Crippen LogP contribution in [0.2, 0.25) is 0 Å². The molecule has 5 aromatic rings. The smallest absolute Gasteiger partial charge is 0.244 e. The number of aromatic amines is 1. The topological polar surface area (TPSA) is 79.8 Å². The third-order valence-corrected chi connectivity index (χ3v) is 7.66. The number of para-hydroxylation sites is 1. The predicted molar refractivity (Wildman–Crippen MR) is 128 cm³/mol. The first kappa shape index (κ1) is 20.7. The molecule has 0 fully saturated rings. The fraction of sp³-hybridized carbons (Fsp3) is 0.125. The summed E-state index contributed by atoms with van der Waals surface area (Å²) in [6, 6.07) is 21.7. The van der Waals surface area contributed by atoms with E-state index in [1.807, 2.05) is 78.3 Å². The van der Waals surface area contributed by atoms with E-state index in [9.17, 15) is 8.42 Å². The number of nitrogens with one attached hydrogen (secondary N) is 2. The summed E-state index contributed by atoms with van der Waals surface area (Å²) in [5.41, 5.74) is 3.67. The quantitative estimate of drug-likeness (QED) is 0.352. The Bertz CT molecular complexity index is 1440. The zero-order valence-corrected chi connectivity index (χ0v) is 18.9. The van der Waals surface area contributed by atoms with Crippen LogP contribution < -0.4 is 4.72 Å². The molecule has 0 saturated heterocycles. The van der Waals surface area contributed by atoms with Crippen LogP contribution in [0.4, 0.5) is 0 Å². The van der Waals surface area contributed by atoms with Gasteiger partial charge in [-0.3, -0.25) is 4.68 Å². The van der Waals surface area contributed by atoms with Gasteiger partial charge in [-0.05, 0) is 35.1 Å². The molecule has 5 rings (SSSR count). The molecule has 32 heavy (non-hydrogen) atoms. The molecule has 0 amide bonds. The minimum Gasteiger partial charge on any atom is -0.361 e. The zero-order chi connectivity index (χ0) is 22.0. The highest BCUT2D eigenvalue weighted by molar-refractivity contribution is 7.89. The molecule has 3 heterocycles. The Morgan fingerprint density at radius 1 is 1.00 bits per heavy atom. The van der Waals surface area contributed by atoms with E-state index in [0.717, 1.165) is 26.9 Å². The molecular weight excluding hydrogens is 440 g/mol. The van der Waals surface area contributed by atoms with Gasteiger partial charge in [0.15, 0.2) is 0 Å². The summed E-state index contributed by atoms with van der Waals surface area (Å²) in [5, 5.41) is 7.65. The maximum absolute atomic E-state index is 13.2. The van der Waals surface area contributed by atoms with Gasteiger partial charge < -0.3 is 4.98 Å². The molecule has 0 aliphatic heterocycles. The Balaban J connectivity index is 1.39. The zero-order valence-electron chi connectivity index (χ0n) is 17.2. The van der Waals surface area contributed by atoms with Crippen LogP contribution in [0.25, 0.3) is 21.5 Å². The molecule has 3 aromatic heterocycles. The summed E-state index contributed by atoms with van der Waals surface area (Å²) in [6.07, 6.45) is 4.15. The highest BCUT2D eigenvalue weighted by Crippen LogP contribution is 2.30. The molecule has 162 valence electrons. The van der Waals surface area contributed by atoms with Gasteiger partial charge in [-0.15, -0.1) is 11.3 Å². The third kappa shape index (κ3) is 4.25. The number of aromatic nitrogens is 3. The number of thiophene rings is 1. The Morgan fingerprint density at radius 2 is 1.81 bits per heavy atom. The number of fused-ring (bicyclic) bond motifs is 1. The van der Waals surface area contributed by atoms with E-state index in [2.05, 4.69) is 14.8 Å². The summed E-state index contributed by atoms with van der Waals surface area (Å²) >= 11 is 1.48. The van der Waals surface area contributed by atoms with Gasteiger partial charge in [0.05, 0.1) is 11.4 Å². The second kappa shape index (κ2) is 8.74. The minimum absolute atomic E-state index is 0.204. The SMILES string of the molecule is O=S(=O)(NCCc1c[nH]c2ccccc12)c1cn(Cc2ccccc2)nc1-c1cccs1. The van der Waals surface area contributed by atoms with Gasteiger partial charge >= 0.3 is 0 Å². The summed E-state index contributed by atoms with van der Waals surface area (Å²) in [4.78, 5) is 4.26. The fourth-order valence-corrected chi connectivity index (χ4v) is 5.75. The molecule has 0 aliphatic carbocycles. The largest absolute Gasteiger partial charge is 0.361 e. The molecule has 8 heteroatoms. The van der Waals surface area contributed by atoms with Crippen LogP contribution in [0.3, 0.4) is 0 Å². The van der Waals surface area contributed by atoms with E-state index in [-0.39, 0.29) is 4.90 Å². The Kier molecular flexibility index (Phi) is 5.65. The summed E-state index contributed by atoms with van der Waals surface area (Å²) in [6.45, 7) is 0.808. The van der Waals surface area contributed by atoms with Crippen molar-refractivity contribution in [3.63, 3.8) is 0 Å². The van der Waals surface area contributed by atoms with Crippen LogP contribution in [0.1, 0.15) is 11.1 Å². The molecule has 0 radical (unpaired) electrons. The first-order valence-corrected chi connectivity index (χ1v) is 12.7. The van der Waals surface area contributed by atoms with Crippen molar-refractivity contribution in [2.24, 2.45) is 0 Å². The van der Waals surface area contributed by atoms with E-state index in [1.54, 1.807) is 10.9 Å². The average Bonchev–Trinajstić information content (AvgIpc) is 3.54. The molecule has 0 aliphatic rings. The number of hydrogen-bond donors (Lipinski definition) is 2. The van der Waals surface area contributed by atoms with Gasteiger partial charge in [0.2, 0.25) is 10.0 Å². The third-order valence-electron chi connectivity index (χ3n) is 5.32. The maximum Gasteiger partial charge on any atom is 0.244 e. The van der Waals surface area contributed by atoms with E-state index >= 15 is 0 Å². The lowest BCUT2D eigenvalue weighted by molar-refractivity contribution is 0.581. The van der Waals surface area contributed by atoms with Crippen molar-refractivity contribution in [3.8, 4) is 10.6 Å². The van der Waals surface area contributed by atoms with Crippen molar-refractivity contribution < 1.29 is 8.42 Å². The van der Waals surface area contributed by atoms with Crippen LogP contribution in [0, 0.1) is 0 Å². The molecular formula is C24H22N4O2S2. The van der Waals surface area contributed by atoms with Crippen LogP contribution >= 0.6 is 11.3 Å². The van der Waals surface area contributed by atoms with Crippen molar-refractivity contribution in [2.45, 2.75) is 17.9 Å². The van der Waals surface area contributed by atoms with Crippen molar-refractivity contribution in [1.82, 2.24) is 19.5 Å². The van der Waals surface area contributed by atoms with Crippen LogP contribution in [-0.2, 0) is 23.0 Å². The molecule has 0 unspecified atom stereocenters. The van der Waals surface area contributed by atoms with Crippen LogP contribution in [0.5, 0.6) is 0 Å². The summed E-state index contributed by atoms with van der Waals surface area (Å²) in [7, 11) is -3.73. The monoisotopic (exact) mass is 462 g/mol. The van der Waals surface area contributed by atoms with E-state index < -0.39 is 10.0 Å². The van der Waals surface area contributed by atoms with Gasteiger partial charge in [0.1, 0.15) is 10.6 Å². The number of rotatable bonds is 8. The Hall–Kier alpha value is -3.20. The lowest BCUT2D eigenvalue weighted by Crippen LogP contribution is -2.26. The normalized spacial score (nSPS) is 11.9. The molecule has 2 aromatic carbocycles. The Labute approximate surface area is 190 Å². The van der Waals surface area contributed by atoms with Crippen LogP contribution in [-0.4, -0.2) is 29.7 Å². The lowest BCUT2D eigenvalue weighted by atomic mass is 10.1. The standard InChI is InChI=1S/C24H22N4O2S2/c29-32(30,26-13-12-19-15-25-21-10-5-4-9-20(19)21)23-17-28(16-18-7-2-1-3-8-18)27-24(23)22-11-6-14-31-22/h1-11,14-15,17,25-26H,12-13,16H2. The van der Waals surface area contributed by atoms with Crippen molar-refractivity contribution in [1.29, 1.82) is 0 Å². The van der Waals surface area contributed by atoms with E-state index in [0.29, 0.717) is 25.2 Å². The molecule has 0 bridgehead atoms. The predicted octanol–water partition coefficient (Wildman–Crippen LogP) is 4.66. The summed E-state index contributed by atoms with van der Waals surface area (Å²) < 4.78 is 30.9.